The molecule has 0 aliphatic rings. The van der Waals surface area contributed by atoms with Gasteiger partial charge in [-0.15, -0.1) is 0 Å². The van der Waals surface area contributed by atoms with Crippen LogP contribution >= 0.6 is 22.2 Å². The average Bonchev–Trinajstić information content (AvgIpc) is 2.95. The molecule has 40 heavy (non-hydrogen) atoms. The maximum absolute atomic E-state index is 8.79. The van der Waals surface area contributed by atoms with Gasteiger partial charge in [-0.3, -0.25) is 0 Å². The van der Waals surface area contributed by atoms with Crippen LogP contribution in [0.3, 0.4) is 0 Å². The maximum Gasteiger partial charge on any atom is 0.237 e. The Balaban J connectivity index is 3.02. The fourth-order valence-electron chi connectivity index (χ4n) is 6.07. The molecular weight excluding hydrogens is 547 g/mol. The first kappa shape index (κ1) is 40.8. The van der Waals surface area contributed by atoms with E-state index in [1.54, 1.807) is 0 Å². The van der Waals surface area contributed by atoms with E-state index in [1.165, 1.54) is 212 Å². The number of aliphatic hydroxyl groups is 1. The van der Waals surface area contributed by atoms with Gasteiger partial charge in [-0.2, -0.15) is 22.2 Å². The molecule has 0 aromatic carbocycles. The van der Waals surface area contributed by atoms with E-state index < -0.39 is 7.42 Å². The van der Waals surface area contributed by atoms with E-state index in [-0.39, 0.29) is 0 Å². The minimum absolute atomic E-state index is 0.372. The zero-order chi connectivity index (χ0) is 29.0. The molecule has 0 aliphatic carbocycles. The maximum atomic E-state index is 8.79. The van der Waals surface area contributed by atoms with Crippen molar-refractivity contribution in [3.63, 3.8) is 0 Å². The quantitative estimate of drug-likeness (QED) is 0.0419. The molecule has 1 N–H and O–H groups in total. The molecule has 0 bridgehead atoms. The van der Waals surface area contributed by atoms with E-state index in [0.717, 1.165) is 12.5 Å². The van der Waals surface area contributed by atoms with Crippen LogP contribution in [-0.2, 0) is 0 Å². The van der Waals surface area contributed by atoms with Crippen molar-refractivity contribution < 1.29 is 5.11 Å². The van der Waals surface area contributed by atoms with Gasteiger partial charge >= 0.3 is 0 Å². The van der Waals surface area contributed by atoms with Gasteiger partial charge < -0.3 is 5.11 Å². The van der Waals surface area contributed by atoms with Gasteiger partial charge in [-0.1, -0.05) is 212 Å². The summed E-state index contributed by atoms with van der Waals surface area (Å²) in [4.78, 5) is 0. The highest BCUT2D eigenvalue weighted by Crippen LogP contribution is 2.17. The molecule has 0 rings (SSSR count). The van der Waals surface area contributed by atoms with Gasteiger partial charge in [0, 0.05) is 6.61 Å². The Morgan fingerprint density at radius 3 is 0.550 bits per heavy atom. The molecular formula is C36H74Cl2OSi. The summed E-state index contributed by atoms with van der Waals surface area (Å²) in [7, 11) is -1.34. The Morgan fingerprint density at radius 2 is 0.400 bits per heavy atom. The molecule has 242 valence electrons. The number of rotatable bonds is 36. The first-order valence-corrected chi connectivity index (χ1v) is 23.0. The van der Waals surface area contributed by atoms with E-state index >= 15 is 0 Å². The molecule has 0 aromatic heterocycles. The van der Waals surface area contributed by atoms with Crippen molar-refractivity contribution in [2.75, 3.05) is 6.61 Å². The summed E-state index contributed by atoms with van der Waals surface area (Å²) in [6.45, 7) is 0.372. The van der Waals surface area contributed by atoms with Crippen LogP contribution in [0.5, 0.6) is 0 Å². The van der Waals surface area contributed by atoms with Crippen LogP contribution in [0.25, 0.3) is 0 Å². The summed E-state index contributed by atoms with van der Waals surface area (Å²) < 4.78 is 0. The molecule has 0 fully saturated rings. The molecule has 0 spiro atoms. The van der Waals surface area contributed by atoms with Crippen molar-refractivity contribution >= 4 is 29.6 Å². The Morgan fingerprint density at radius 1 is 0.250 bits per heavy atom. The molecule has 1 nitrogen and oxygen atoms in total. The van der Waals surface area contributed by atoms with Crippen LogP contribution in [0.4, 0.5) is 0 Å². The number of hydrogen-bond donors (Lipinski definition) is 1. The van der Waals surface area contributed by atoms with Crippen LogP contribution in [-0.4, -0.2) is 19.1 Å². The van der Waals surface area contributed by atoms with Crippen molar-refractivity contribution in [1.82, 2.24) is 0 Å². The SMILES string of the molecule is OCCCCCCCCCCCCCCCCCCCCCCCCCCCCCCCCCCCC[SiH](Cl)Cl. The predicted octanol–water partition coefficient (Wildman–Crippen LogP) is 13.9. The first-order valence-electron chi connectivity index (χ1n) is 18.7. The van der Waals surface area contributed by atoms with Gasteiger partial charge in [0.2, 0.25) is 7.42 Å². The summed E-state index contributed by atoms with van der Waals surface area (Å²) >= 11 is 11.8. The second kappa shape index (κ2) is 37.8. The number of aliphatic hydroxyl groups excluding tert-OH is 1. The molecule has 0 unspecified atom stereocenters. The van der Waals surface area contributed by atoms with E-state index in [0.29, 0.717) is 6.61 Å². The molecule has 0 amide bonds. The summed E-state index contributed by atoms with van der Waals surface area (Å²) in [5.74, 6) is 0. The zero-order valence-electron chi connectivity index (χ0n) is 27.2. The lowest BCUT2D eigenvalue weighted by Gasteiger charge is -2.05. The van der Waals surface area contributed by atoms with Crippen LogP contribution in [0, 0.1) is 0 Å². The van der Waals surface area contributed by atoms with Crippen molar-refractivity contribution in [1.29, 1.82) is 0 Å². The smallest absolute Gasteiger partial charge is 0.237 e. The van der Waals surface area contributed by atoms with Crippen molar-refractivity contribution in [3.05, 3.63) is 0 Å². The van der Waals surface area contributed by atoms with Crippen LogP contribution in [0.1, 0.15) is 218 Å². The third kappa shape index (κ3) is 38.8. The fraction of sp³-hybridized carbons (Fsp3) is 1.00. The van der Waals surface area contributed by atoms with Gasteiger partial charge in [0.15, 0.2) is 0 Å². The minimum atomic E-state index is -1.34. The van der Waals surface area contributed by atoms with Crippen molar-refractivity contribution in [3.8, 4) is 0 Å². The summed E-state index contributed by atoms with van der Waals surface area (Å²) in [5.41, 5.74) is 0. The minimum Gasteiger partial charge on any atom is -0.396 e. The van der Waals surface area contributed by atoms with E-state index in [2.05, 4.69) is 0 Å². The van der Waals surface area contributed by atoms with Gasteiger partial charge in [0.25, 0.3) is 0 Å². The number of unbranched alkanes of at least 4 members (excludes halogenated alkanes) is 33. The number of halogens is 2. The van der Waals surface area contributed by atoms with E-state index in [1.807, 2.05) is 0 Å². The average molecular weight is 622 g/mol. The molecule has 0 atom stereocenters. The first-order chi connectivity index (χ1) is 19.8. The fourth-order valence-corrected chi connectivity index (χ4v) is 7.59. The lowest BCUT2D eigenvalue weighted by Crippen LogP contribution is -1.91. The molecule has 4 heteroatoms. The zero-order valence-corrected chi connectivity index (χ0v) is 29.9. The Hall–Kier alpha value is 0.757. The third-order valence-corrected chi connectivity index (χ3v) is 11.0. The Kier molecular flexibility index (Phi) is 38.5. The lowest BCUT2D eigenvalue weighted by atomic mass is 10.0. The highest BCUT2D eigenvalue weighted by molar-refractivity contribution is 7.33. The van der Waals surface area contributed by atoms with Gasteiger partial charge in [-0.25, -0.2) is 0 Å². The molecule has 0 heterocycles. The summed E-state index contributed by atoms with van der Waals surface area (Å²) in [6, 6.07) is 1.10. The highest BCUT2D eigenvalue weighted by Gasteiger charge is 2.01. The van der Waals surface area contributed by atoms with E-state index in [4.69, 9.17) is 27.3 Å². The lowest BCUT2D eigenvalue weighted by molar-refractivity contribution is 0.282. The van der Waals surface area contributed by atoms with Crippen molar-refractivity contribution in [2.45, 2.75) is 224 Å². The summed E-state index contributed by atoms with van der Waals surface area (Å²) in [5, 5.41) is 8.79. The van der Waals surface area contributed by atoms with Gasteiger partial charge in [-0.05, 0) is 12.5 Å². The second-order valence-electron chi connectivity index (χ2n) is 12.9. The number of hydrogen-bond acceptors (Lipinski definition) is 1. The Bertz CT molecular complexity index is 435. The Labute approximate surface area is 264 Å². The monoisotopic (exact) mass is 620 g/mol. The molecule has 0 aliphatic heterocycles. The van der Waals surface area contributed by atoms with Crippen LogP contribution in [0.15, 0.2) is 0 Å². The van der Waals surface area contributed by atoms with E-state index in [9.17, 15) is 0 Å². The van der Waals surface area contributed by atoms with Crippen LogP contribution < -0.4 is 0 Å². The van der Waals surface area contributed by atoms with Gasteiger partial charge in [0.05, 0.1) is 0 Å². The topological polar surface area (TPSA) is 20.2 Å². The molecule has 0 saturated heterocycles. The van der Waals surface area contributed by atoms with Crippen molar-refractivity contribution in [2.24, 2.45) is 0 Å². The molecule has 0 saturated carbocycles. The molecule has 0 aromatic rings. The molecule has 0 radical (unpaired) electrons. The second-order valence-corrected chi connectivity index (χ2v) is 18.1. The standard InChI is InChI=1S/C36H74Cl2OSi/c37-40(38)36-34-32-30-28-26-24-22-20-18-16-14-12-10-8-6-4-2-1-3-5-7-9-11-13-15-17-19-21-23-25-27-29-31-33-35-39/h39-40H,1-36H2. The largest absolute Gasteiger partial charge is 0.396 e. The summed E-state index contributed by atoms with van der Waals surface area (Å²) in [6.07, 6.45) is 48.3. The predicted molar refractivity (Wildman–Crippen MR) is 188 cm³/mol. The van der Waals surface area contributed by atoms with Gasteiger partial charge in [0.1, 0.15) is 0 Å². The normalized spacial score (nSPS) is 11.7. The van der Waals surface area contributed by atoms with Crippen LogP contribution in [0.2, 0.25) is 6.04 Å². The highest BCUT2D eigenvalue weighted by atomic mass is 35.7. The third-order valence-electron chi connectivity index (χ3n) is 8.83.